The van der Waals surface area contributed by atoms with Crippen LogP contribution in [0.3, 0.4) is 0 Å². The van der Waals surface area contributed by atoms with Crippen LogP contribution in [0.2, 0.25) is 0 Å². The molecule has 0 aliphatic carbocycles. The molecular weight excluding hydrogens is 261 g/mol. The standard InChI is InChI=1S/C14H14FN3O2/c1-20-11-6-7-13(12(16)8-11)18-14(19)17-10-4-2-9(15)3-5-10/h2-8H,16H2,1H3,(H2,17,18,19). The molecule has 0 heterocycles. The Morgan fingerprint density at radius 2 is 1.85 bits per heavy atom. The van der Waals surface area contributed by atoms with Crippen LogP contribution in [0.5, 0.6) is 5.75 Å². The van der Waals surface area contributed by atoms with Crippen molar-refractivity contribution in [3.63, 3.8) is 0 Å². The molecule has 0 radical (unpaired) electrons. The third kappa shape index (κ3) is 3.38. The van der Waals surface area contributed by atoms with Crippen LogP contribution in [0.15, 0.2) is 42.5 Å². The molecule has 0 bridgehead atoms. The van der Waals surface area contributed by atoms with Crippen LogP contribution in [0.4, 0.5) is 26.2 Å². The minimum absolute atomic E-state index is 0.365. The lowest BCUT2D eigenvalue weighted by Gasteiger charge is -2.10. The van der Waals surface area contributed by atoms with E-state index in [0.717, 1.165) is 0 Å². The second-order valence-electron chi connectivity index (χ2n) is 4.04. The maximum Gasteiger partial charge on any atom is 0.323 e. The molecule has 2 aromatic carbocycles. The van der Waals surface area contributed by atoms with Crippen molar-refractivity contribution in [2.45, 2.75) is 0 Å². The molecule has 2 aromatic rings. The molecule has 6 heteroatoms. The fourth-order valence-corrected chi connectivity index (χ4v) is 1.60. The zero-order valence-corrected chi connectivity index (χ0v) is 10.8. The molecule has 0 aliphatic rings. The van der Waals surface area contributed by atoms with Crippen molar-refractivity contribution in [3.05, 3.63) is 48.3 Å². The monoisotopic (exact) mass is 275 g/mol. The van der Waals surface area contributed by atoms with Crippen molar-refractivity contribution < 1.29 is 13.9 Å². The molecule has 20 heavy (non-hydrogen) atoms. The fourth-order valence-electron chi connectivity index (χ4n) is 1.60. The Hall–Kier alpha value is -2.76. The van der Waals surface area contributed by atoms with Gasteiger partial charge in [-0.05, 0) is 36.4 Å². The Morgan fingerprint density at radius 1 is 1.15 bits per heavy atom. The summed E-state index contributed by atoms with van der Waals surface area (Å²) in [5, 5.41) is 5.17. The van der Waals surface area contributed by atoms with Crippen molar-refractivity contribution in [3.8, 4) is 5.75 Å². The van der Waals surface area contributed by atoms with Crippen LogP contribution in [-0.2, 0) is 0 Å². The third-order valence-corrected chi connectivity index (χ3v) is 2.61. The molecule has 0 saturated carbocycles. The van der Waals surface area contributed by atoms with Crippen LogP contribution >= 0.6 is 0 Å². The van der Waals surface area contributed by atoms with Gasteiger partial charge in [-0.1, -0.05) is 0 Å². The third-order valence-electron chi connectivity index (χ3n) is 2.61. The van der Waals surface area contributed by atoms with Gasteiger partial charge in [-0.25, -0.2) is 9.18 Å². The highest BCUT2D eigenvalue weighted by molar-refractivity contribution is 6.01. The van der Waals surface area contributed by atoms with Gasteiger partial charge in [0.25, 0.3) is 0 Å². The van der Waals surface area contributed by atoms with E-state index in [4.69, 9.17) is 10.5 Å². The predicted octanol–water partition coefficient (Wildman–Crippen LogP) is 3.06. The number of carbonyl (C=O) groups is 1. The number of anilines is 3. The molecule has 2 rings (SSSR count). The number of carbonyl (C=O) groups excluding carboxylic acids is 1. The van der Waals surface area contributed by atoms with Gasteiger partial charge in [0.15, 0.2) is 0 Å². The number of nitrogens with two attached hydrogens (primary N) is 1. The van der Waals surface area contributed by atoms with Crippen LogP contribution < -0.4 is 21.1 Å². The van der Waals surface area contributed by atoms with E-state index in [1.807, 2.05) is 0 Å². The second kappa shape index (κ2) is 5.92. The molecule has 0 aliphatic heterocycles. The number of hydrogen-bond acceptors (Lipinski definition) is 3. The Kier molecular flexibility index (Phi) is 4.05. The quantitative estimate of drug-likeness (QED) is 0.753. The van der Waals surface area contributed by atoms with Crippen molar-refractivity contribution in [2.75, 3.05) is 23.5 Å². The molecule has 0 saturated heterocycles. The number of hydrogen-bond donors (Lipinski definition) is 3. The number of methoxy groups -OCH3 is 1. The first-order chi connectivity index (χ1) is 9.58. The van der Waals surface area contributed by atoms with Crippen LogP contribution in [0, 0.1) is 5.82 Å². The summed E-state index contributed by atoms with van der Waals surface area (Å²) in [5.74, 6) is 0.238. The molecule has 0 unspecified atom stereocenters. The molecule has 2 amide bonds. The number of halogens is 1. The number of benzene rings is 2. The Labute approximate surface area is 115 Å². The van der Waals surface area contributed by atoms with Gasteiger partial charge < -0.3 is 21.1 Å². The summed E-state index contributed by atoms with van der Waals surface area (Å²) in [7, 11) is 1.53. The highest BCUT2D eigenvalue weighted by Gasteiger charge is 2.06. The number of nitrogen functional groups attached to an aromatic ring is 1. The molecule has 4 N–H and O–H groups in total. The van der Waals surface area contributed by atoms with Gasteiger partial charge in [0, 0.05) is 11.8 Å². The van der Waals surface area contributed by atoms with Crippen molar-refractivity contribution >= 4 is 23.1 Å². The maximum absolute atomic E-state index is 12.7. The average molecular weight is 275 g/mol. The normalized spacial score (nSPS) is 9.90. The van der Waals surface area contributed by atoms with E-state index in [1.165, 1.54) is 31.4 Å². The summed E-state index contributed by atoms with van der Waals surface area (Å²) >= 11 is 0. The van der Waals surface area contributed by atoms with E-state index >= 15 is 0 Å². The van der Waals surface area contributed by atoms with Crippen LogP contribution in [0.25, 0.3) is 0 Å². The lowest BCUT2D eigenvalue weighted by molar-refractivity contribution is 0.262. The number of amides is 2. The number of nitrogens with one attached hydrogen (secondary N) is 2. The molecule has 0 aromatic heterocycles. The lowest BCUT2D eigenvalue weighted by Crippen LogP contribution is -2.20. The van der Waals surface area contributed by atoms with E-state index in [-0.39, 0.29) is 5.82 Å². The molecular formula is C14H14FN3O2. The number of rotatable bonds is 3. The summed E-state index contributed by atoms with van der Waals surface area (Å²) in [5.41, 5.74) is 7.12. The van der Waals surface area contributed by atoms with Gasteiger partial charge in [-0.3, -0.25) is 0 Å². The minimum Gasteiger partial charge on any atom is -0.497 e. The van der Waals surface area contributed by atoms with Gasteiger partial charge in [0.2, 0.25) is 0 Å². The van der Waals surface area contributed by atoms with Crippen molar-refractivity contribution in [2.24, 2.45) is 0 Å². The summed E-state index contributed by atoms with van der Waals surface area (Å²) < 4.78 is 17.8. The molecule has 0 fully saturated rings. The van der Waals surface area contributed by atoms with E-state index in [1.54, 1.807) is 18.2 Å². The van der Waals surface area contributed by atoms with E-state index in [9.17, 15) is 9.18 Å². The molecule has 0 spiro atoms. The Bertz CT molecular complexity index is 614. The zero-order valence-electron chi connectivity index (χ0n) is 10.8. The topological polar surface area (TPSA) is 76.4 Å². The van der Waals surface area contributed by atoms with E-state index in [2.05, 4.69) is 10.6 Å². The number of urea groups is 1. The number of ether oxygens (including phenoxy) is 1. The molecule has 5 nitrogen and oxygen atoms in total. The first kappa shape index (κ1) is 13.7. The first-order valence-corrected chi connectivity index (χ1v) is 5.85. The fraction of sp³-hybridized carbons (Fsp3) is 0.0714. The van der Waals surface area contributed by atoms with Crippen molar-refractivity contribution in [1.82, 2.24) is 0 Å². The summed E-state index contributed by atoms with van der Waals surface area (Å²) in [6.07, 6.45) is 0. The van der Waals surface area contributed by atoms with Gasteiger partial charge in [0.1, 0.15) is 11.6 Å². The van der Waals surface area contributed by atoms with E-state index < -0.39 is 6.03 Å². The lowest BCUT2D eigenvalue weighted by atomic mass is 10.2. The first-order valence-electron chi connectivity index (χ1n) is 5.85. The Balaban J connectivity index is 2.02. The van der Waals surface area contributed by atoms with Crippen LogP contribution in [-0.4, -0.2) is 13.1 Å². The average Bonchev–Trinajstić information content (AvgIpc) is 2.43. The highest BCUT2D eigenvalue weighted by atomic mass is 19.1. The van der Waals surface area contributed by atoms with Crippen LogP contribution in [0.1, 0.15) is 0 Å². The summed E-state index contributed by atoms with van der Waals surface area (Å²) in [6, 6.07) is 9.91. The molecule has 0 atom stereocenters. The second-order valence-corrected chi connectivity index (χ2v) is 4.04. The minimum atomic E-state index is -0.464. The van der Waals surface area contributed by atoms with Crippen molar-refractivity contribution in [1.29, 1.82) is 0 Å². The Morgan fingerprint density at radius 3 is 2.45 bits per heavy atom. The molecule has 104 valence electrons. The SMILES string of the molecule is COc1ccc(NC(=O)Nc2ccc(F)cc2)c(N)c1. The summed E-state index contributed by atoms with van der Waals surface area (Å²) in [4.78, 5) is 11.8. The van der Waals surface area contributed by atoms with E-state index in [0.29, 0.717) is 22.8 Å². The largest absolute Gasteiger partial charge is 0.497 e. The maximum atomic E-state index is 12.7. The highest BCUT2D eigenvalue weighted by Crippen LogP contribution is 2.24. The zero-order chi connectivity index (χ0) is 14.5. The van der Waals surface area contributed by atoms with Gasteiger partial charge in [0.05, 0.1) is 18.5 Å². The smallest absolute Gasteiger partial charge is 0.323 e. The van der Waals surface area contributed by atoms with Gasteiger partial charge in [-0.2, -0.15) is 0 Å². The van der Waals surface area contributed by atoms with Gasteiger partial charge >= 0.3 is 6.03 Å². The van der Waals surface area contributed by atoms with Gasteiger partial charge in [-0.15, -0.1) is 0 Å². The summed E-state index contributed by atoms with van der Waals surface area (Å²) in [6.45, 7) is 0. The predicted molar refractivity (Wildman–Crippen MR) is 76.4 cm³/mol.